The van der Waals surface area contributed by atoms with E-state index in [1.54, 1.807) is 12.4 Å². The number of likely N-dealkylation sites (tertiary alicyclic amines) is 1. The molecular weight excluding hydrogens is 400 g/mol. The minimum atomic E-state index is -0.171. The molecule has 0 saturated carbocycles. The number of anilines is 1. The molecule has 6 heteroatoms. The smallest absolute Gasteiger partial charge is 0.233 e. The van der Waals surface area contributed by atoms with Gasteiger partial charge in [0.25, 0.3) is 0 Å². The summed E-state index contributed by atoms with van der Waals surface area (Å²) in [6.45, 7) is 8.11. The maximum atomic E-state index is 13.3. The number of carbonyl (C=O) groups is 2. The minimum absolute atomic E-state index is 0.0419. The molecule has 1 aromatic carbocycles. The molecule has 1 saturated heterocycles. The zero-order valence-electron chi connectivity index (χ0n) is 19.6. The van der Waals surface area contributed by atoms with Gasteiger partial charge >= 0.3 is 0 Å². The first-order chi connectivity index (χ1) is 15.5. The third kappa shape index (κ3) is 4.41. The molecule has 3 heterocycles. The second-order valence-electron chi connectivity index (χ2n) is 9.31. The number of hydrogen-bond acceptors (Lipinski definition) is 4. The summed E-state index contributed by atoms with van der Waals surface area (Å²) in [5.74, 6) is 0.238. The first kappa shape index (κ1) is 22.4. The molecule has 0 aliphatic carbocycles. The van der Waals surface area contributed by atoms with Crippen LogP contribution in [-0.2, 0) is 27.8 Å². The van der Waals surface area contributed by atoms with Crippen molar-refractivity contribution in [1.82, 2.24) is 14.9 Å². The predicted molar refractivity (Wildman–Crippen MR) is 126 cm³/mol. The summed E-state index contributed by atoms with van der Waals surface area (Å²) in [5, 5.41) is 0. The number of rotatable bonds is 7. The van der Waals surface area contributed by atoms with Crippen LogP contribution in [0.4, 0.5) is 5.69 Å². The molecule has 4 rings (SSSR count). The normalized spacial score (nSPS) is 19.6. The fourth-order valence-corrected chi connectivity index (χ4v) is 5.09. The molecule has 2 amide bonds. The van der Waals surface area contributed by atoms with Gasteiger partial charge in [-0.05, 0) is 43.4 Å². The highest BCUT2D eigenvalue weighted by atomic mass is 16.2. The van der Waals surface area contributed by atoms with E-state index in [4.69, 9.17) is 0 Å². The number of unbranched alkanes of at least 4 members (excludes halogenated alkanes) is 2. The van der Waals surface area contributed by atoms with E-state index < -0.39 is 0 Å². The average molecular weight is 435 g/mol. The summed E-state index contributed by atoms with van der Waals surface area (Å²) in [7, 11) is 0. The Labute approximate surface area is 191 Å². The standard InChI is InChI=1S/C26H34N4O2/c1-4-6-7-8-20-9-10-23-22(13-20)26(11-12-29(17-26)24(31)5-2)18-30(23)25(32)14-21-16-27-19(3)15-28-21/h9-10,13,15-16H,4-8,11-12,14,17-18H2,1-3H3. The van der Waals surface area contributed by atoms with Crippen molar-refractivity contribution in [3.05, 3.63) is 53.1 Å². The van der Waals surface area contributed by atoms with Crippen LogP contribution in [0.15, 0.2) is 30.6 Å². The lowest BCUT2D eigenvalue weighted by molar-refractivity contribution is -0.130. The van der Waals surface area contributed by atoms with Crippen LogP contribution < -0.4 is 4.90 Å². The molecule has 1 unspecified atom stereocenters. The summed E-state index contributed by atoms with van der Waals surface area (Å²) in [6, 6.07) is 6.60. The number of aryl methyl sites for hydroxylation is 2. The van der Waals surface area contributed by atoms with E-state index >= 15 is 0 Å². The van der Waals surface area contributed by atoms with Crippen molar-refractivity contribution in [1.29, 1.82) is 0 Å². The van der Waals surface area contributed by atoms with Gasteiger partial charge in [-0.15, -0.1) is 0 Å². The lowest BCUT2D eigenvalue weighted by Gasteiger charge is -2.26. The molecular formula is C26H34N4O2. The number of amides is 2. The minimum Gasteiger partial charge on any atom is -0.342 e. The molecule has 6 nitrogen and oxygen atoms in total. The van der Waals surface area contributed by atoms with E-state index in [9.17, 15) is 9.59 Å². The highest BCUT2D eigenvalue weighted by Gasteiger charge is 2.49. The highest BCUT2D eigenvalue weighted by Crippen LogP contribution is 2.47. The van der Waals surface area contributed by atoms with Crippen LogP contribution in [0, 0.1) is 6.92 Å². The number of hydrogen-bond donors (Lipinski definition) is 0. The highest BCUT2D eigenvalue weighted by molar-refractivity contribution is 5.97. The molecule has 1 spiro atoms. The molecule has 170 valence electrons. The summed E-state index contributed by atoms with van der Waals surface area (Å²) in [6.07, 6.45) is 9.71. The summed E-state index contributed by atoms with van der Waals surface area (Å²) < 4.78 is 0. The predicted octanol–water partition coefficient (Wildman–Crippen LogP) is 3.99. The largest absolute Gasteiger partial charge is 0.342 e. The Morgan fingerprint density at radius 2 is 1.91 bits per heavy atom. The Morgan fingerprint density at radius 3 is 2.62 bits per heavy atom. The molecule has 1 aromatic heterocycles. The van der Waals surface area contributed by atoms with E-state index in [0.29, 0.717) is 25.2 Å². The second-order valence-corrected chi connectivity index (χ2v) is 9.31. The van der Waals surface area contributed by atoms with Crippen molar-refractivity contribution in [3.8, 4) is 0 Å². The van der Waals surface area contributed by atoms with E-state index in [0.717, 1.165) is 30.8 Å². The van der Waals surface area contributed by atoms with Gasteiger partial charge in [0.05, 0.1) is 17.8 Å². The molecule has 0 radical (unpaired) electrons. The van der Waals surface area contributed by atoms with Gasteiger partial charge in [-0.2, -0.15) is 0 Å². The van der Waals surface area contributed by atoms with Crippen molar-refractivity contribution in [2.75, 3.05) is 24.5 Å². The molecule has 1 atom stereocenters. The van der Waals surface area contributed by atoms with Crippen LogP contribution in [0.25, 0.3) is 0 Å². The lowest BCUT2D eigenvalue weighted by atomic mass is 9.80. The van der Waals surface area contributed by atoms with E-state index in [2.05, 4.69) is 35.1 Å². The fraction of sp³-hybridized carbons (Fsp3) is 0.538. The first-order valence-corrected chi connectivity index (χ1v) is 11.9. The molecule has 32 heavy (non-hydrogen) atoms. The summed E-state index contributed by atoms with van der Waals surface area (Å²) >= 11 is 0. The number of aromatic nitrogens is 2. The third-order valence-electron chi connectivity index (χ3n) is 6.93. The molecule has 2 aliphatic heterocycles. The van der Waals surface area contributed by atoms with Gasteiger partial charge in [0, 0.05) is 49.6 Å². The topological polar surface area (TPSA) is 66.4 Å². The number of carbonyl (C=O) groups excluding carboxylic acids is 2. The van der Waals surface area contributed by atoms with Gasteiger partial charge in [0.15, 0.2) is 0 Å². The molecule has 2 aliphatic rings. The second kappa shape index (κ2) is 9.39. The Hall–Kier alpha value is -2.76. The van der Waals surface area contributed by atoms with Gasteiger partial charge in [0.2, 0.25) is 11.8 Å². The van der Waals surface area contributed by atoms with E-state index in [-0.39, 0.29) is 23.7 Å². The lowest BCUT2D eigenvalue weighted by Crippen LogP contribution is -2.40. The van der Waals surface area contributed by atoms with Gasteiger partial charge in [0.1, 0.15) is 0 Å². The Morgan fingerprint density at radius 1 is 1.06 bits per heavy atom. The molecule has 0 bridgehead atoms. The van der Waals surface area contributed by atoms with Crippen molar-refractivity contribution in [3.63, 3.8) is 0 Å². The molecule has 1 fully saturated rings. The number of nitrogens with zero attached hydrogens (tertiary/aromatic N) is 4. The Balaban J connectivity index is 1.62. The first-order valence-electron chi connectivity index (χ1n) is 11.9. The monoisotopic (exact) mass is 434 g/mol. The number of fused-ring (bicyclic) bond motifs is 2. The van der Waals surface area contributed by atoms with Crippen LogP contribution in [0.3, 0.4) is 0 Å². The van der Waals surface area contributed by atoms with Gasteiger partial charge in [-0.25, -0.2) is 0 Å². The van der Waals surface area contributed by atoms with Crippen LogP contribution >= 0.6 is 0 Å². The van der Waals surface area contributed by atoms with E-state index in [1.807, 2.05) is 23.6 Å². The average Bonchev–Trinajstić information content (AvgIpc) is 3.37. The molecule has 0 N–H and O–H groups in total. The zero-order valence-corrected chi connectivity index (χ0v) is 19.6. The fourth-order valence-electron chi connectivity index (χ4n) is 5.09. The maximum absolute atomic E-state index is 13.3. The van der Waals surface area contributed by atoms with Crippen molar-refractivity contribution in [2.45, 2.75) is 71.1 Å². The Kier molecular flexibility index (Phi) is 6.58. The van der Waals surface area contributed by atoms with Gasteiger partial charge < -0.3 is 9.80 Å². The van der Waals surface area contributed by atoms with Crippen LogP contribution in [0.2, 0.25) is 0 Å². The molecule has 2 aromatic rings. The SMILES string of the molecule is CCCCCc1ccc2c(c1)C1(CCN(C(=O)CC)C1)CN2C(=O)Cc1cnc(C)cn1. The number of benzene rings is 1. The van der Waals surface area contributed by atoms with Crippen LogP contribution in [0.5, 0.6) is 0 Å². The summed E-state index contributed by atoms with van der Waals surface area (Å²) in [5.41, 5.74) is 4.93. The van der Waals surface area contributed by atoms with Crippen molar-refractivity contribution in [2.24, 2.45) is 0 Å². The zero-order chi connectivity index (χ0) is 22.7. The van der Waals surface area contributed by atoms with Crippen molar-refractivity contribution >= 4 is 17.5 Å². The van der Waals surface area contributed by atoms with Crippen LogP contribution in [0.1, 0.15) is 68.5 Å². The van der Waals surface area contributed by atoms with Crippen molar-refractivity contribution < 1.29 is 9.59 Å². The third-order valence-corrected chi connectivity index (χ3v) is 6.93. The van der Waals surface area contributed by atoms with Crippen LogP contribution in [-0.4, -0.2) is 46.3 Å². The summed E-state index contributed by atoms with van der Waals surface area (Å²) in [4.78, 5) is 38.3. The van der Waals surface area contributed by atoms with E-state index in [1.165, 1.54) is 30.4 Å². The quantitative estimate of drug-likeness (QED) is 0.618. The van der Waals surface area contributed by atoms with Gasteiger partial charge in [-0.3, -0.25) is 19.6 Å². The maximum Gasteiger partial charge on any atom is 0.233 e. The van der Waals surface area contributed by atoms with Gasteiger partial charge in [-0.1, -0.05) is 38.8 Å². The Bertz CT molecular complexity index is 988.